The number of nitrogens with two attached hydrogens (primary N) is 1. The number of alkyl halides is 3. The monoisotopic (exact) mass is 366 g/mol. The number of carbonyl (C=O) groups excluding carboxylic acids is 1. The number of amides is 1. The summed E-state index contributed by atoms with van der Waals surface area (Å²) < 4.78 is 43.5. The molecule has 0 heterocycles. The summed E-state index contributed by atoms with van der Waals surface area (Å²) in [5.41, 5.74) is 5.16. The fraction of sp³-hybridized carbons (Fsp3) is 0.562. The van der Waals surface area contributed by atoms with E-state index >= 15 is 0 Å². The lowest BCUT2D eigenvalue weighted by atomic mass is 9.64. The Morgan fingerprint density at radius 3 is 2.58 bits per heavy atom. The topological polar surface area (TPSA) is 64.3 Å². The second-order valence-corrected chi connectivity index (χ2v) is 5.99. The Hall–Kier alpha value is -1.31. The Bertz CT molecular complexity index is 562. The molecule has 1 saturated carbocycles. The molecule has 1 unspecified atom stereocenters. The Morgan fingerprint density at radius 1 is 1.42 bits per heavy atom. The van der Waals surface area contributed by atoms with Gasteiger partial charge in [0.2, 0.25) is 5.91 Å². The minimum Gasteiger partial charge on any atom is -0.383 e. The molecule has 0 spiro atoms. The third kappa shape index (κ3) is 4.62. The number of hydrogen-bond donors (Lipinski definition) is 2. The van der Waals surface area contributed by atoms with Gasteiger partial charge in [0.1, 0.15) is 6.04 Å². The fourth-order valence-corrected chi connectivity index (χ4v) is 2.84. The minimum atomic E-state index is -4.37. The highest BCUT2D eigenvalue weighted by atomic mass is 35.5. The number of halogens is 4. The van der Waals surface area contributed by atoms with Crippen LogP contribution in [0.1, 0.15) is 30.4 Å². The zero-order valence-corrected chi connectivity index (χ0v) is 14.2. The molecule has 1 aliphatic rings. The first-order valence-corrected chi connectivity index (χ1v) is 7.48. The van der Waals surface area contributed by atoms with Crippen LogP contribution < -0.4 is 11.1 Å². The van der Waals surface area contributed by atoms with Crippen LogP contribution in [0.2, 0.25) is 0 Å². The van der Waals surface area contributed by atoms with Crippen LogP contribution in [0.5, 0.6) is 0 Å². The third-order valence-electron chi connectivity index (χ3n) is 4.40. The van der Waals surface area contributed by atoms with Gasteiger partial charge in [0.15, 0.2) is 0 Å². The molecule has 2 rings (SSSR count). The molecule has 24 heavy (non-hydrogen) atoms. The molecule has 1 aromatic carbocycles. The second kappa shape index (κ2) is 8.18. The quantitative estimate of drug-likeness (QED) is 0.813. The van der Waals surface area contributed by atoms with Crippen LogP contribution in [0.15, 0.2) is 24.3 Å². The van der Waals surface area contributed by atoms with Gasteiger partial charge in [-0.1, -0.05) is 24.6 Å². The number of ether oxygens (including phenoxy) is 1. The van der Waals surface area contributed by atoms with E-state index in [0.717, 1.165) is 25.3 Å². The standard InChI is InChI=1S/C16H21F3N2O2.ClH/c1-23-9-13(20)14(22)21-10-15(6-3-7-15)11-4-2-5-12(8-11)16(17,18)19;/h2,4-5,8,13H,3,6-7,9-10,20H2,1H3,(H,21,22);1H. The highest BCUT2D eigenvalue weighted by Crippen LogP contribution is 2.44. The Kier molecular flexibility index (Phi) is 7.07. The van der Waals surface area contributed by atoms with E-state index in [1.54, 1.807) is 6.07 Å². The highest BCUT2D eigenvalue weighted by molar-refractivity contribution is 5.85. The van der Waals surface area contributed by atoms with Crippen LogP contribution in [0.3, 0.4) is 0 Å². The van der Waals surface area contributed by atoms with Crippen molar-refractivity contribution in [3.63, 3.8) is 0 Å². The summed E-state index contributed by atoms with van der Waals surface area (Å²) >= 11 is 0. The maximum Gasteiger partial charge on any atom is 0.416 e. The Morgan fingerprint density at radius 2 is 2.08 bits per heavy atom. The number of carbonyl (C=O) groups is 1. The van der Waals surface area contributed by atoms with E-state index in [9.17, 15) is 18.0 Å². The van der Waals surface area contributed by atoms with Gasteiger partial charge < -0.3 is 15.8 Å². The SMILES string of the molecule is COCC(N)C(=O)NCC1(c2cccc(C(F)(F)F)c2)CCC1.Cl. The van der Waals surface area contributed by atoms with Gasteiger partial charge in [-0.05, 0) is 24.5 Å². The molecular weight excluding hydrogens is 345 g/mol. The first kappa shape index (κ1) is 20.7. The molecule has 8 heteroatoms. The lowest BCUT2D eigenvalue weighted by molar-refractivity contribution is -0.137. The van der Waals surface area contributed by atoms with E-state index in [-0.39, 0.29) is 31.5 Å². The summed E-state index contributed by atoms with van der Waals surface area (Å²) in [6, 6.07) is 4.56. The lowest BCUT2D eigenvalue weighted by Gasteiger charge is -2.43. The lowest BCUT2D eigenvalue weighted by Crippen LogP contribution is -2.50. The average Bonchev–Trinajstić information content (AvgIpc) is 2.45. The van der Waals surface area contributed by atoms with Gasteiger partial charge in [-0.25, -0.2) is 0 Å². The smallest absolute Gasteiger partial charge is 0.383 e. The van der Waals surface area contributed by atoms with Crippen molar-refractivity contribution in [1.29, 1.82) is 0 Å². The summed E-state index contributed by atoms with van der Waals surface area (Å²) in [4.78, 5) is 11.9. The van der Waals surface area contributed by atoms with Crippen LogP contribution in [0, 0.1) is 0 Å². The number of hydrogen-bond acceptors (Lipinski definition) is 3. The summed E-state index contributed by atoms with van der Waals surface area (Å²) in [5, 5.41) is 2.74. The number of rotatable bonds is 6. The van der Waals surface area contributed by atoms with Gasteiger partial charge in [0.25, 0.3) is 0 Å². The molecule has 1 aliphatic carbocycles. The van der Waals surface area contributed by atoms with Gasteiger partial charge in [-0.15, -0.1) is 12.4 Å². The van der Waals surface area contributed by atoms with E-state index in [0.29, 0.717) is 5.56 Å². The van der Waals surface area contributed by atoms with Crippen LogP contribution >= 0.6 is 12.4 Å². The van der Waals surface area contributed by atoms with Gasteiger partial charge in [0.05, 0.1) is 12.2 Å². The van der Waals surface area contributed by atoms with E-state index < -0.39 is 23.2 Å². The molecule has 0 saturated heterocycles. The van der Waals surface area contributed by atoms with Crippen molar-refractivity contribution in [3.8, 4) is 0 Å². The van der Waals surface area contributed by atoms with E-state index in [4.69, 9.17) is 10.5 Å². The second-order valence-electron chi connectivity index (χ2n) is 5.99. The highest BCUT2D eigenvalue weighted by Gasteiger charge is 2.40. The van der Waals surface area contributed by atoms with Crippen molar-refractivity contribution in [2.24, 2.45) is 5.73 Å². The molecule has 0 aromatic heterocycles. The molecule has 1 fully saturated rings. The van der Waals surface area contributed by atoms with Gasteiger partial charge in [-0.3, -0.25) is 4.79 Å². The van der Waals surface area contributed by atoms with Crippen molar-refractivity contribution in [2.75, 3.05) is 20.3 Å². The minimum absolute atomic E-state index is 0. The Balaban J connectivity index is 0.00000288. The molecule has 3 N–H and O–H groups in total. The summed E-state index contributed by atoms with van der Waals surface area (Å²) in [6.45, 7) is 0.382. The first-order valence-electron chi connectivity index (χ1n) is 7.48. The van der Waals surface area contributed by atoms with Crippen molar-refractivity contribution < 1.29 is 22.7 Å². The number of methoxy groups -OCH3 is 1. The van der Waals surface area contributed by atoms with Crippen LogP contribution in [0.25, 0.3) is 0 Å². The molecule has 1 atom stereocenters. The van der Waals surface area contributed by atoms with Crippen molar-refractivity contribution >= 4 is 18.3 Å². The number of nitrogens with one attached hydrogen (secondary N) is 1. The predicted octanol–water partition coefficient (Wildman–Crippen LogP) is 2.64. The van der Waals surface area contributed by atoms with E-state index in [2.05, 4.69) is 5.32 Å². The summed E-state index contributed by atoms with van der Waals surface area (Å²) in [7, 11) is 1.45. The molecule has 0 radical (unpaired) electrons. The number of benzene rings is 1. The summed E-state index contributed by atoms with van der Waals surface area (Å²) in [5.74, 6) is -0.356. The van der Waals surface area contributed by atoms with Crippen LogP contribution in [-0.4, -0.2) is 32.2 Å². The predicted molar refractivity (Wildman–Crippen MR) is 87.1 cm³/mol. The molecule has 1 amide bonds. The van der Waals surface area contributed by atoms with Crippen molar-refractivity contribution in [1.82, 2.24) is 5.32 Å². The van der Waals surface area contributed by atoms with E-state index in [1.807, 2.05) is 0 Å². The summed E-state index contributed by atoms with van der Waals surface area (Å²) in [6.07, 6.45) is -1.95. The zero-order chi connectivity index (χ0) is 17.1. The maximum atomic E-state index is 12.9. The molecule has 4 nitrogen and oxygen atoms in total. The van der Waals surface area contributed by atoms with Gasteiger partial charge in [0, 0.05) is 19.1 Å². The molecule has 0 bridgehead atoms. The van der Waals surface area contributed by atoms with Gasteiger partial charge in [-0.2, -0.15) is 13.2 Å². The molecular formula is C16H22ClF3N2O2. The van der Waals surface area contributed by atoms with Crippen LogP contribution in [0.4, 0.5) is 13.2 Å². The first-order chi connectivity index (χ1) is 10.8. The Labute approximate surface area is 145 Å². The average molecular weight is 367 g/mol. The zero-order valence-electron chi connectivity index (χ0n) is 13.4. The van der Waals surface area contributed by atoms with Crippen molar-refractivity contribution in [3.05, 3.63) is 35.4 Å². The molecule has 1 aromatic rings. The van der Waals surface area contributed by atoms with E-state index in [1.165, 1.54) is 19.2 Å². The fourth-order valence-electron chi connectivity index (χ4n) is 2.84. The maximum absolute atomic E-state index is 12.9. The van der Waals surface area contributed by atoms with Crippen LogP contribution in [-0.2, 0) is 21.1 Å². The third-order valence-corrected chi connectivity index (χ3v) is 4.40. The molecule has 0 aliphatic heterocycles. The van der Waals surface area contributed by atoms with Crippen molar-refractivity contribution in [2.45, 2.75) is 36.9 Å². The largest absolute Gasteiger partial charge is 0.416 e. The normalized spacial score (nSPS) is 17.4. The van der Waals surface area contributed by atoms with Gasteiger partial charge >= 0.3 is 6.18 Å². The molecule has 136 valence electrons.